The molecule has 0 aliphatic heterocycles. The van der Waals surface area contributed by atoms with Crippen LogP contribution in [-0.4, -0.2) is 25.2 Å². The number of likely N-dealkylation sites (N-methyl/N-ethyl adjacent to an activating group) is 1. The van der Waals surface area contributed by atoms with E-state index < -0.39 is 0 Å². The van der Waals surface area contributed by atoms with Crippen LogP contribution in [0.3, 0.4) is 0 Å². The lowest BCUT2D eigenvalue weighted by Crippen LogP contribution is -2.27. The van der Waals surface area contributed by atoms with Crippen LogP contribution < -0.4 is 10.6 Å². The number of hydrogen-bond acceptors (Lipinski definition) is 3. The van der Waals surface area contributed by atoms with Gasteiger partial charge in [0.05, 0.1) is 0 Å². The lowest BCUT2D eigenvalue weighted by molar-refractivity contribution is 0.472. The normalized spacial score (nSPS) is 12.7. The topological polar surface area (TPSA) is 44.3 Å². The van der Waals surface area contributed by atoms with Gasteiger partial charge in [-0.15, -0.1) is 0 Å². The van der Waals surface area contributed by atoms with E-state index in [-0.39, 0.29) is 6.04 Å². The molecule has 78 valence electrons. The summed E-state index contributed by atoms with van der Waals surface area (Å²) in [5.41, 5.74) is 1.11. The Morgan fingerprint density at radius 3 is 2.79 bits per heavy atom. The maximum Gasteiger partial charge on any atom is 0.115 e. The van der Waals surface area contributed by atoms with Gasteiger partial charge in [0.2, 0.25) is 0 Å². The average Bonchev–Trinajstić information content (AvgIpc) is 2.18. The third-order valence-corrected chi connectivity index (χ3v) is 2.20. The third-order valence-electron chi connectivity index (χ3n) is 2.20. The number of rotatable bonds is 5. The summed E-state index contributed by atoms with van der Waals surface area (Å²) in [6.45, 7) is 3.96. The van der Waals surface area contributed by atoms with Crippen molar-refractivity contribution in [2.24, 2.45) is 0 Å². The van der Waals surface area contributed by atoms with Crippen LogP contribution in [0.4, 0.5) is 0 Å². The van der Waals surface area contributed by atoms with Gasteiger partial charge in [-0.1, -0.05) is 12.1 Å². The Morgan fingerprint density at radius 1 is 1.36 bits per heavy atom. The zero-order valence-corrected chi connectivity index (χ0v) is 8.75. The molecule has 0 unspecified atom stereocenters. The maximum atomic E-state index is 9.29. The second-order valence-electron chi connectivity index (χ2n) is 3.37. The summed E-state index contributed by atoms with van der Waals surface area (Å²) in [7, 11) is 1.93. The van der Waals surface area contributed by atoms with Gasteiger partial charge < -0.3 is 15.7 Å². The Balaban J connectivity index is 2.47. The van der Waals surface area contributed by atoms with E-state index in [0.717, 1.165) is 18.7 Å². The van der Waals surface area contributed by atoms with Crippen LogP contribution in [0, 0.1) is 0 Å². The Kier molecular flexibility index (Phi) is 4.43. The standard InChI is InChI=1S/C11H18N2O/c1-9(13-7-6-12-2)10-4-3-5-11(14)8-10/h3-5,8-9,12-14H,6-7H2,1-2H3/t9-/m0/s1. The summed E-state index contributed by atoms with van der Waals surface area (Å²) >= 11 is 0. The number of phenols is 1. The second-order valence-corrected chi connectivity index (χ2v) is 3.37. The molecule has 0 aliphatic carbocycles. The van der Waals surface area contributed by atoms with Gasteiger partial charge in [0.15, 0.2) is 0 Å². The molecule has 0 amide bonds. The molecular weight excluding hydrogens is 176 g/mol. The molecule has 1 aromatic carbocycles. The highest BCUT2D eigenvalue weighted by atomic mass is 16.3. The molecule has 0 bridgehead atoms. The average molecular weight is 194 g/mol. The minimum Gasteiger partial charge on any atom is -0.508 e. The molecule has 3 nitrogen and oxygen atoms in total. The fourth-order valence-electron chi connectivity index (χ4n) is 1.33. The van der Waals surface area contributed by atoms with Gasteiger partial charge in [-0.2, -0.15) is 0 Å². The van der Waals surface area contributed by atoms with Crippen LogP contribution in [0.5, 0.6) is 5.75 Å². The van der Waals surface area contributed by atoms with Gasteiger partial charge in [0.25, 0.3) is 0 Å². The number of hydrogen-bond donors (Lipinski definition) is 3. The monoisotopic (exact) mass is 194 g/mol. The largest absolute Gasteiger partial charge is 0.508 e. The van der Waals surface area contributed by atoms with Crippen molar-refractivity contribution in [1.82, 2.24) is 10.6 Å². The summed E-state index contributed by atoms with van der Waals surface area (Å²) in [6, 6.07) is 7.62. The van der Waals surface area contributed by atoms with Gasteiger partial charge >= 0.3 is 0 Å². The summed E-state index contributed by atoms with van der Waals surface area (Å²) < 4.78 is 0. The zero-order chi connectivity index (χ0) is 10.4. The zero-order valence-electron chi connectivity index (χ0n) is 8.75. The van der Waals surface area contributed by atoms with Gasteiger partial charge in [0, 0.05) is 19.1 Å². The van der Waals surface area contributed by atoms with Crippen LogP contribution in [0.15, 0.2) is 24.3 Å². The van der Waals surface area contributed by atoms with E-state index in [0.29, 0.717) is 5.75 Å². The first-order valence-corrected chi connectivity index (χ1v) is 4.91. The number of phenolic OH excluding ortho intramolecular Hbond substituents is 1. The highest BCUT2D eigenvalue weighted by molar-refractivity contribution is 5.28. The molecule has 14 heavy (non-hydrogen) atoms. The molecule has 1 atom stereocenters. The van der Waals surface area contributed by atoms with Crippen molar-refractivity contribution in [3.05, 3.63) is 29.8 Å². The maximum absolute atomic E-state index is 9.29. The second kappa shape index (κ2) is 5.62. The van der Waals surface area contributed by atoms with E-state index in [2.05, 4.69) is 17.6 Å². The predicted molar refractivity (Wildman–Crippen MR) is 58.5 cm³/mol. The van der Waals surface area contributed by atoms with Crippen LogP contribution in [0.1, 0.15) is 18.5 Å². The lowest BCUT2D eigenvalue weighted by Gasteiger charge is -2.14. The van der Waals surface area contributed by atoms with E-state index in [1.165, 1.54) is 0 Å². The van der Waals surface area contributed by atoms with E-state index >= 15 is 0 Å². The molecule has 0 fully saturated rings. The first kappa shape index (κ1) is 11.0. The predicted octanol–water partition coefficient (Wildman–Crippen LogP) is 1.26. The van der Waals surface area contributed by atoms with Crippen molar-refractivity contribution in [1.29, 1.82) is 0 Å². The van der Waals surface area contributed by atoms with Gasteiger partial charge in [-0.3, -0.25) is 0 Å². The summed E-state index contributed by atoms with van der Waals surface area (Å²) in [5.74, 6) is 0.324. The molecule has 0 heterocycles. The highest BCUT2D eigenvalue weighted by Crippen LogP contribution is 2.17. The molecule has 0 aromatic heterocycles. The quantitative estimate of drug-likeness (QED) is 0.618. The van der Waals surface area contributed by atoms with Crippen molar-refractivity contribution >= 4 is 0 Å². The first-order chi connectivity index (χ1) is 6.74. The Bertz CT molecular complexity index is 276. The molecular formula is C11H18N2O. The molecule has 0 radical (unpaired) electrons. The van der Waals surface area contributed by atoms with Crippen LogP contribution >= 0.6 is 0 Å². The molecule has 1 aromatic rings. The van der Waals surface area contributed by atoms with Crippen LogP contribution in [0.25, 0.3) is 0 Å². The number of nitrogens with one attached hydrogen (secondary N) is 2. The highest BCUT2D eigenvalue weighted by Gasteiger charge is 2.03. The molecule has 3 heteroatoms. The van der Waals surface area contributed by atoms with Gasteiger partial charge in [-0.25, -0.2) is 0 Å². The molecule has 0 saturated heterocycles. The van der Waals surface area contributed by atoms with Crippen molar-refractivity contribution in [2.45, 2.75) is 13.0 Å². The molecule has 0 spiro atoms. The first-order valence-electron chi connectivity index (χ1n) is 4.91. The Morgan fingerprint density at radius 2 is 2.14 bits per heavy atom. The third kappa shape index (κ3) is 3.36. The van der Waals surface area contributed by atoms with Gasteiger partial charge in [-0.05, 0) is 31.7 Å². The molecule has 0 aliphatic rings. The number of benzene rings is 1. The van der Waals surface area contributed by atoms with Gasteiger partial charge in [0.1, 0.15) is 5.75 Å². The minimum absolute atomic E-state index is 0.274. The summed E-state index contributed by atoms with van der Waals surface area (Å²) in [6.07, 6.45) is 0. The van der Waals surface area contributed by atoms with Crippen LogP contribution in [0.2, 0.25) is 0 Å². The fourth-order valence-corrected chi connectivity index (χ4v) is 1.33. The Hall–Kier alpha value is -1.06. The SMILES string of the molecule is CNCCN[C@@H](C)c1cccc(O)c1. The van der Waals surface area contributed by atoms with E-state index in [9.17, 15) is 5.11 Å². The smallest absolute Gasteiger partial charge is 0.115 e. The van der Waals surface area contributed by atoms with Crippen molar-refractivity contribution in [3.8, 4) is 5.75 Å². The molecule has 0 saturated carbocycles. The van der Waals surface area contributed by atoms with E-state index in [4.69, 9.17) is 0 Å². The minimum atomic E-state index is 0.274. The summed E-state index contributed by atoms with van der Waals surface area (Å²) in [5, 5.41) is 15.7. The Labute approximate surface area is 85.2 Å². The van der Waals surface area contributed by atoms with Crippen molar-refractivity contribution in [2.75, 3.05) is 20.1 Å². The van der Waals surface area contributed by atoms with E-state index in [1.54, 1.807) is 12.1 Å². The van der Waals surface area contributed by atoms with Crippen molar-refractivity contribution in [3.63, 3.8) is 0 Å². The lowest BCUT2D eigenvalue weighted by atomic mass is 10.1. The van der Waals surface area contributed by atoms with Crippen molar-refractivity contribution < 1.29 is 5.11 Å². The molecule has 1 rings (SSSR count). The number of aromatic hydroxyl groups is 1. The fraction of sp³-hybridized carbons (Fsp3) is 0.455. The van der Waals surface area contributed by atoms with Crippen LogP contribution in [-0.2, 0) is 0 Å². The summed E-state index contributed by atoms with van der Waals surface area (Å²) in [4.78, 5) is 0. The molecule has 3 N–H and O–H groups in total. The van der Waals surface area contributed by atoms with E-state index in [1.807, 2.05) is 19.2 Å².